The van der Waals surface area contributed by atoms with Gasteiger partial charge in [-0.3, -0.25) is 10.1 Å². The van der Waals surface area contributed by atoms with Crippen molar-refractivity contribution in [3.05, 3.63) is 57.8 Å². The molecule has 6 heteroatoms. The van der Waals surface area contributed by atoms with E-state index in [9.17, 15) is 4.79 Å². The first-order valence-electron chi connectivity index (χ1n) is 7.70. The summed E-state index contributed by atoms with van der Waals surface area (Å²) in [4.78, 5) is 17.7. The van der Waals surface area contributed by atoms with E-state index in [1.54, 1.807) is 18.4 Å². The van der Waals surface area contributed by atoms with Crippen molar-refractivity contribution in [2.24, 2.45) is 0 Å². The molecule has 0 aliphatic heterocycles. The van der Waals surface area contributed by atoms with Crippen molar-refractivity contribution in [3.63, 3.8) is 0 Å². The molecule has 1 amide bonds. The fourth-order valence-electron chi connectivity index (χ4n) is 2.49. The molecule has 0 saturated heterocycles. The summed E-state index contributed by atoms with van der Waals surface area (Å²) in [7, 11) is 1.65. The van der Waals surface area contributed by atoms with Crippen LogP contribution in [0.5, 0.6) is 5.75 Å². The first-order valence-corrected chi connectivity index (χ1v) is 9.46. The van der Waals surface area contributed by atoms with Crippen molar-refractivity contribution < 1.29 is 9.53 Å². The number of methoxy groups -OCH3 is 1. The van der Waals surface area contributed by atoms with Crippen LogP contribution in [0.1, 0.15) is 16.7 Å². The van der Waals surface area contributed by atoms with Gasteiger partial charge in [-0.25, -0.2) is 4.98 Å². The summed E-state index contributed by atoms with van der Waals surface area (Å²) < 4.78 is 5.26. The fraction of sp³-hybridized carbons (Fsp3) is 0.158. The lowest BCUT2D eigenvalue weighted by atomic mass is 10.0. The zero-order valence-corrected chi connectivity index (χ0v) is 15.8. The highest BCUT2D eigenvalue weighted by molar-refractivity contribution is 7.16. The van der Waals surface area contributed by atoms with E-state index in [0.717, 1.165) is 33.0 Å². The minimum Gasteiger partial charge on any atom is -0.497 e. The SMILES string of the molecule is COc1cc(C)c(/C=C/C(=O)Nc2nc(-c3cccs3)cs2)c(C)c1. The van der Waals surface area contributed by atoms with Gasteiger partial charge in [0.1, 0.15) is 5.75 Å². The molecule has 3 rings (SSSR count). The second-order valence-electron chi connectivity index (χ2n) is 5.51. The summed E-state index contributed by atoms with van der Waals surface area (Å²) in [6.45, 7) is 4.00. The number of thiophene rings is 1. The van der Waals surface area contributed by atoms with Gasteiger partial charge in [0.25, 0.3) is 0 Å². The molecule has 0 fully saturated rings. The topological polar surface area (TPSA) is 51.2 Å². The van der Waals surface area contributed by atoms with Crippen LogP contribution < -0.4 is 10.1 Å². The molecule has 0 aliphatic rings. The Morgan fingerprint density at radius 2 is 2.00 bits per heavy atom. The van der Waals surface area contributed by atoms with Gasteiger partial charge < -0.3 is 4.74 Å². The molecule has 0 bridgehead atoms. The lowest BCUT2D eigenvalue weighted by Gasteiger charge is -2.08. The van der Waals surface area contributed by atoms with E-state index in [1.165, 1.54) is 17.4 Å². The maximum absolute atomic E-state index is 12.2. The van der Waals surface area contributed by atoms with Crippen LogP contribution in [-0.2, 0) is 4.79 Å². The van der Waals surface area contributed by atoms with Gasteiger partial charge in [0, 0.05) is 11.5 Å². The Kier molecular flexibility index (Phi) is 5.31. The molecule has 0 atom stereocenters. The molecule has 128 valence electrons. The van der Waals surface area contributed by atoms with E-state index < -0.39 is 0 Å². The molecular formula is C19H18N2O2S2. The molecule has 1 aromatic carbocycles. The smallest absolute Gasteiger partial charge is 0.250 e. The van der Waals surface area contributed by atoms with Crippen molar-refractivity contribution in [2.75, 3.05) is 12.4 Å². The van der Waals surface area contributed by atoms with Crippen LogP contribution in [0.25, 0.3) is 16.6 Å². The molecule has 0 saturated carbocycles. The second-order valence-corrected chi connectivity index (χ2v) is 7.32. The summed E-state index contributed by atoms with van der Waals surface area (Å²) in [5.41, 5.74) is 4.04. The molecule has 0 unspecified atom stereocenters. The Labute approximate surface area is 154 Å². The van der Waals surface area contributed by atoms with Crippen LogP contribution in [0.2, 0.25) is 0 Å². The number of benzene rings is 1. The number of carbonyl (C=O) groups excluding carboxylic acids is 1. The molecule has 3 aromatic rings. The predicted octanol–water partition coefficient (Wildman–Crippen LogP) is 5.15. The van der Waals surface area contributed by atoms with Crippen molar-refractivity contribution in [1.82, 2.24) is 4.98 Å². The molecule has 0 radical (unpaired) electrons. The van der Waals surface area contributed by atoms with E-state index in [0.29, 0.717) is 5.13 Å². The van der Waals surface area contributed by atoms with Crippen LogP contribution in [-0.4, -0.2) is 18.0 Å². The lowest BCUT2D eigenvalue weighted by Crippen LogP contribution is -2.07. The number of amides is 1. The molecule has 25 heavy (non-hydrogen) atoms. The number of hydrogen-bond donors (Lipinski definition) is 1. The number of thiazole rings is 1. The summed E-state index contributed by atoms with van der Waals surface area (Å²) in [5.74, 6) is 0.627. The van der Waals surface area contributed by atoms with Gasteiger partial charge in [0.15, 0.2) is 5.13 Å². The normalized spacial score (nSPS) is 11.0. The number of carbonyl (C=O) groups is 1. The standard InChI is InChI=1S/C19H18N2O2S2/c1-12-9-14(23-3)10-13(2)15(12)6-7-18(22)21-19-20-16(11-25-19)17-5-4-8-24-17/h4-11H,1-3H3,(H,20,21,22)/b7-6+. The maximum Gasteiger partial charge on any atom is 0.250 e. The molecule has 4 nitrogen and oxygen atoms in total. The van der Waals surface area contributed by atoms with E-state index in [2.05, 4.69) is 10.3 Å². The van der Waals surface area contributed by atoms with Crippen LogP contribution >= 0.6 is 22.7 Å². The number of ether oxygens (including phenoxy) is 1. The second kappa shape index (κ2) is 7.63. The number of rotatable bonds is 5. The summed E-state index contributed by atoms with van der Waals surface area (Å²) >= 11 is 3.05. The Bertz CT molecular complexity index is 888. The first-order chi connectivity index (χ1) is 12.1. The molecular weight excluding hydrogens is 352 g/mol. The minimum absolute atomic E-state index is 0.193. The number of aryl methyl sites for hydroxylation is 2. The zero-order valence-electron chi connectivity index (χ0n) is 14.2. The van der Waals surface area contributed by atoms with Gasteiger partial charge in [-0.05, 0) is 60.2 Å². The predicted molar refractivity (Wildman–Crippen MR) is 106 cm³/mol. The molecule has 2 aromatic heterocycles. The highest BCUT2D eigenvalue weighted by atomic mass is 32.1. The summed E-state index contributed by atoms with van der Waals surface area (Å²) in [5, 5.41) is 7.37. The summed E-state index contributed by atoms with van der Waals surface area (Å²) in [6, 6.07) is 7.91. The number of nitrogens with one attached hydrogen (secondary N) is 1. The lowest BCUT2D eigenvalue weighted by molar-refractivity contribution is -0.111. The van der Waals surface area contributed by atoms with Gasteiger partial charge in [0.2, 0.25) is 5.91 Å². The number of nitrogens with zero attached hydrogens (tertiary/aromatic N) is 1. The van der Waals surface area contributed by atoms with E-state index in [-0.39, 0.29) is 5.91 Å². The zero-order chi connectivity index (χ0) is 17.8. The monoisotopic (exact) mass is 370 g/mol. The molecule has 2 heterocycles. The third kappa shape index (κ3) is 4.15. The Morgan fingerprint density at radius 3 is 2.64 bits per heavy atom. The summed E-state index contributed by atoms with van der Waals surface area (Å²) in [6.07, 6.45) is 3.36. The molecule has 0 aliphatic carbocycles. The third-order valence-electron chi connectivity index (χ3n) is 3.71. The van der Waals surface area contributed by atoms with Crippen molar-refractivity contribution in [3.8, 4) is 16.3 Å². The van der Waals surface area contributed by atoms with E-state index >= 15 is 0 Å². The quantitative estimate of drug-likeness (QED) is 0.632. The third-order valence-corrected chi connectivity index (χ3v) is 5.36. The van der Waals surface area contributed by atoms with Crippen LogP contribution in [0.3, 0.4) is 0 Å². The number of aromatic nitrogens is 1. The highest BCUT2D eigenvalue weighted by Crippen LogP contribution is 2.28. The maximum atomic E-state index is 12.2. The van der Waals surface area contributed by atoms with Crippen molar-refractivity contribution in [1.29, 1.82) is 0 Å². The van der Waals surface area contributed by atoms with Crippen molar-refractivity contribution in [2.45, 2.75) is 13.8 Å². The average molecular weight is 370 g/mol. The Hall–Kier alpha value is -2.44. The van der Waals surface area contributed by atoms with Crippen LogP contribution in [0.4, 0.5) is 5.13 Å². The van der Waals surface area contributed by atoms with E-state index in [4.69, 9.17) is 4.74 Å². The van der Waals surface area contributed by atoms with Gasteiger partial charge in [-0.2, -0.15) is 0 Å². The largest absolute Gasteiger partial charge is 0.497 e. The first kappa shape index (κ1) is 17.4. The van der Waals surface area contributed by atoms with Crippen molar-refractivity contribution >= 4 is 39.8 Å². The fourth-order valence-corrected chi connectivity index (χ4v) is 3.96. The number of hydrogen-bond acceptors (Lipinski definition) is 5. The molecule has 1 N–H and O–H groups in total. The average Bonchev–Trinajstić information content (AvgIpc) is 3.25. The van der Waals surface area contributed by atoms with Gasteiger partial charge in [-0.15, -0.1) is 22.7 Å². The van der Waals surface area contributed by atoms with Gasteiger partial charge in [-0.1, -0.05) is 6.07 Å². The Balaban J connectivity index is 1.70. The van der Waals surface area contributed by atoms with Gasteiger partial charge >= 0.3 is 0 Å². The van der Waals surface area contributed by atoms with E-state index in [1.807, 2.05) is 54.9 Å². The minimum atomic E-state index is -0.193. The highest BCUT2D eigenvalue weighted by Gasteiger charge is 2.08. The Morgan fingerprint density at radius 1 is 1.24 bits per heavy atom. The van der Waals surface area contributed by atoms with Crippen LogP contribution in [0, 0.1) is 13.8 Å². The molecule has 0 spiro atoms. The van der Waals surface area contributed by atoms with Crippen LogP contribution in [0.15, 0.2) is 41.1 Å². The van der Waals surface area contributed by atoms with Gasteiger partial charge in [0.05, 0.1) is 17.7 Å². The number of anilines is 1.